The van der Waals surface area contributed by atoms with Crippen molar-refractivity contribution in [1.82, 2.24) is 10.2 Å². The van der Waals surface area contributed by atoms with E-state index in [4.69, 9.17) is 11.6 Å². The number of likely N-dealkylation sites (tertiary alicyclic amines) is 1. The van der Waals surface area contributed by atoms with Crippen LogP contribution in [-0.4, -0.2) is 46.8 Å². The maximum absolute atomic E-state index is 13.9. The van der Waals surface area contributed by atoms with Gasteiger partial charge in [-0.05, 0) is 36.8 Å². The molecule has 11 heteroatoms. The Morgan fingerprint density at radius 1 is 1.30 bits per heavy atom. The quantitative estimate of drug-likeness (QED) is 0.561. The Kier molecular flexibility index (Phi) is 6.00. The van der Waals surface area contributed by atoms with E-state index in [1.54, 1.807) is 0 Å². The van der Waals surface area contributed by atoms with Crippen molar-refractivity contribution in [3.8, 4) is 0 Å². The maximum atomic E-state index is 13.9. The molecule has 0 saturated carbocycles. The van der Waals surface area contributed by atoms with E-state index in [9.17, 15) is 32.3 Å². The van der Waals surface area contributed by atoms with Crippen LogP contribution in [0.4, 0.5) is 28.0 Å². The number of fused-ring (bicyclic) bond motifs is 1. The molecule has 2 aliphatic heterocycles. The summed E-state index contributed by atoms with van der Waals surface area (Å²) in [6.07, 6.45) is -5.84. The van der Waals surface area contributed by atoms with Crippen LogP contribution in [0.3, 0.4) is 0 Å². The summed E-state index contributed by atoms with van der Waals surface area (Å²) in [4.78, 5) is 26.5. The molecular weight excluding hydrogens is 466 g/mol. The number of nitrogens with zero attached hydrogens (tertiary/aromatic N) is 1. The van der Waals surface area contributed by atoms with Crippen LogP contribution >= 0.6 is 11.6 Å². The van der Waals surface area contributed by atoms with Gasteiger partial charge in [-0.3, -0.25) is 4.79 Å². The molecular formula is C22H20ClF4N3O3. The van der Waals surface area contributed by atoms with Gasteiger partial charge >= 0.3 is 12.2 Å². The lowest BCUT2D eigenvalue weighted by Crippen LogP contribution is -2.46. The van der Waals surface area contributed by atoms with Crippen molar-refractivity contribution in [2.24, 2.45) is 5.92 Å². The van der Waals surface area contributed by atoms with Crippen LogP contribution in [-0.2, 0) is 0 Å². The first-order chi connectivity index (χ1) is 15.5. The second-order valence-electron chi connectivity index (χ2n) is 8.21. The van der Waals surface area contributed by atoms with Crippen LogP contribution in [0.1, 0.15) is 40.9 Å². The van der Waals surface area contributed by atoms with E-state index in [1.807, 2.05) is 0 Å². The average molecular weight is 486 g/mol. The van der Waals surface area contributed by atoms with Crippen LogP contribution in [0.25, 0.3) is 0 Å². The van der Waals surface area contributed by atoms with Gasteiger partial charge in [-0.25, -0.2) is 9.18 Å². The minimum Gasteiger partial charge on any atom is -0.391 e. The molecule has 1 fully saturated rings. The molecule has 2 aromatic rings. The predicted molar refractivity (Wildman–Crippen MR) is 113 cm³/mol. The fourth-order valence-electron chi connectivity index (χ4n) is 4.39. The molecule has 6 nitrogen and oxygen atoms in total. The zero-order chi connectivity index (χ0) is 24.1. The number of amides is 3. The number of hydrogen-bond acceptors (Lipinski definition) is 3. The number of anilines is 1. The van der Waals surface area contributed by atoms with E-state index in [0.717, 1.165) is 17.9 Å². The second-order valence-corrected chi connectivity index (χ2v) is 8.62. The molecule has 4 rings (SSSR count). The van der Waals surface area contributed by atoms with Crippen LogP contribution in [0.15, 0.2) is 36.4 Å². The summed E-state index contributed by atoms with van der Waals surface area (Å²) in [6.45, 7) is 0.704. The van der Waals surface area contributed by atoms with Gasteiger partial charge < -0.3 is 20.6 Å². The highest BCUT2D eigenvalue weighted by Crippen LogP contribution is 2.40. The number of carbonyl (C=O) groups is 2. The third-order valence-electron chi connectivity index (χ3n) is 6.10. The zero-order valence-electron chi connectivity index (χ0n) is 17.3. The number of alkyl halides is 3. The Bertz CT molecular complexity index is 1110. The van der Waals surface area contributed by atoms with Crippen molar-refractivity contribution in [2.45, 2.75) is 37.7 Å². The number of benzene rings is 2. The Morgan fingerprint density at radius 2 is 2.03 bits per heavy atom. The molecule has 2 heterocycles. The topological polar surface area (TPSA) is 81.7 Å². The van der Waals surface area contributed by atoms with Crippen molar-refractivity contribution < 1.29 is 32.3 Å². The summed E-state index contributed by atoms with van der Waals surface area (Å²) in [7, 11) is 0. The lowest BCUT2D eigenvalue weighted by atomic mass is 9.96. The third kappa shape index (κ3) is 4.37. The molecule has 176 valence electrons. The molecule has 0 spiro atoms. The molecule has 0 aromatic heterocycles. The number of aliphatic hydroxyl groups is 1. The highest BCUT2D eigenvalue weighted by Gasteiger charge is 2.48. The Morgan fingerprint density at radius 3 is 2.73 bits per heavy atom. The van der Waals surface area contributed by atoms with Crippen molar-refractivity contribution in [3.63, 3.8) is 0 Å². The average Bonchev–Trinajstić information content (AvgIpc) is 3.29. The Labute approximate surface area is 191 Å². The highest BCUT2D eigenvalue weighted by molar-refractivity contribution is 6.31. The standard InChI is InChI=1S/C22H20ClF4N3O3/c1-10(22(25,26)27)17-8-12(31)9-30(17)21(33)28-16-4-2-3-13-18(16)19(29-20(13)32)14-7-11(24)5-6-15(14)23/h2-7,10,12,17,19,31H,8-9H2,1H3,(H,28,33)(H,29,32)/t10-,12+,17-,19+/m1/s1. The number of β-amino-alcohol motifs (C(OH)–C–C–N with tert-alkyl or cyclic N) is 1. The van der Waals surface area contributed by atoms with Gasteiger partial charge in [0.25, 0.3) is 5.91 Å². The molecule has 3 amide bonds. The lowest BCUT2D eigenvalue weighted by molar-refractivity contribution is -0.181. The van der Waals surface area contributed by atoms with Crippen LogP contribution < -0.4 is 10.6 Å². The minimum atomic E-state index is -4.54. The van der Waals surface area contributed by atoms with E-state index >= 15 is 0 Å². The monoisotopic (exact) mass is 485 g/mol. The SMILES string of the molecule is C[C@H]([C@H]1C[C@H](O)CN1C(=O)Nc1cccc2c1[C@H](c1cc(F)ccc1Cl)NC2=O)C(F)(F)F. The van der Waals surface area contributed by atoms with E-state index in [0.29, 0.717) is 5.56 Å². The number of halogens is 5. The van der Waals surface area contributed by atoms with E-state index in [-0.39, 0.29) is 34.8 Å². The molecule has 0 bridgehead atoms. The van der Waals surface area contributed by atoms with Gasteiger partial charge in [0.1, 0.15) is 5.82 Å². The summed E-state index contributed by atoms with van der Waals surface area (Å²) in [5.41, 5.74) is 0.981. The van der Waals surface area contributed by atoms with E-state index in [2.05, 4.69) is 10.6 Å². The van der Waals surface area contributed by atoms with Gasteiger partial charge in [0.15, 0.2) is 0 Å². The van der Waals surface area contributed by atoms with E-state index < -0.39 is 48.0 Å². The normalized spacial score (nSPS) is 23.3. The zero-order valence-corrected chi connectivity index (χ0v) is 18.0. The second kappa shape index (κ2) is 8.49. The fourth-order valence-corrected chi connectivity index (χ4v) is 4.62. The Hall–Kier alpha value is -2.85. The summed E-state index contributed by atoms with van der Waals surface area (Å²) in [6, 6.07) is 5.23. The summed E-state index contributed by atoms with van der Waals surface area (Å²) >= 11 is 6.22. The Balaban J connectivity index is 1.67. The molecule has 0 radical (unpaired) electrons. The van der Waals surface area contributed by atoms with Crippen molar-refractivity contribution >= 4 is 29.2 Å². The molecule has 0 aliphatic carbocycles. The van der Waals surface area contributed by atoms with Gasteiger partial charge in [-0.2, -0.15) is 13.2 Å². The summed E-state index contributed by atoms with van der Waals surface area (Å²) in [5, 5.41) is 15.4. The van der Waals surface area contributed by atoms with Gasteiger partial charge in [-0.1, -0.05) is 24.6 Å². The van der Waals surface area contributed by atoms with Crippen LogP contribution in [0, 0.1) is 11.7 Å². The molecule has 2 aliphatic rings. The molecule has 1 saturated heterocycles. The van der Waals surface area contributed by atoms with Crippen LogP contribution in [0.2, 0.25) is 5.02 Å². The van der Waals surface area contributed by atoms with Gasteiger partial charge in [-0.15, -0.1) is 0 Å². The number of hydrogen-bond donors (Lipinski definition) is 3. The summed E-state index contributed by atoms with van der Waals surface area (Å²) in [5.74, 6) is -2.88. The number of aliphatic hydroxyl groups excluding tert-OH is 1. The summed E-state index contributed by atoms with van der Waals surface area (Å²) < 4.78 is 53.8. The first-order valence-electron chi connectivity index (χ1n) is 10.2. The molecule has 4 atom stereocenters. The first-order valence-corrected chi connectivity index (χ1v) is 10.6. The van der Waals surface area contributed by atoms with Crippen molar-refractivity contribution in [3.05, 3.63) is 63.9 Å². The smallest absolute Gasteiger partial charge is 0.391 e. The molecule has 33 heavy (non-hydrogen) atoms. The number of nitrogens with one attached hydrogen (secondary N) is 2. The molecule has 2 aromatic carbocycles. The van der Waals surface area contributed by atoms with Gasteiger partial charge in [0.05, 0.1) is 18.1 Å². The third-order valence-corrected chi connectivity index (χ3v) is 6.45. The van der Waals surface area contributed by atoms with Gasteiger partial charge in [0, 0.05) is 40.0 Å². The predicted octanol–water partition coefficient (Wildman–Crippen LogP) is 4.48. The fraction of sp³-hybridized carbons (Fsp3) is 0.364. The first kappa shape index (κ1) is 23.3. The number of rotatable bonds is 3. The van der Waals surface area contributed by atoms with Crippen molar-refractivity contribution in [1.29, 1.82) is 0 Å². The highest BCUT2D eigenvalue weighted by atomic mass is 35.5. The number of carbonyl (C=O) groups excluding carboxylic acids is 2. The van der Waals surface area contributed by atoms with E-state index in [1.165, 1.54) is 30.3 Å². The maximum Gasteiger partial charge on any atom is 0.393 e. The molecule has 0 unspecified atom stereocenters. The lowest BCUT2D eigenvalue weighted by Gasteiger charge is -2.31. The van der Waals surface area contributed by atoms with Gasteiger partial charge in [0.2, 0.25) is 0 Å². The largest absolute Gasteiger partial charge is 0.393 e. The minimum absolute atomic E-state index is 0.168. The van der Waals surface area contributed by atoms with Crippen LogP contribution in [0.5, 0.6) is 0 Å². The number of urea groups is 1. The molecule has 3 N–H and O–H groups in total. The van der Waals surface area contributed by atoms with Crippen molar-refractivity contribution in [2.75, 3.05) is 11.9 Å².